The summed E-state index contributed by atoms with van der Waals surface area (Å²) < 4.78 is 11.6. The average Bonchev–Trinajstić information content (AvgIpc) is 3.33. The zero-order valence-corrected chi connectivity index (χ0v) is 15.6. The largest absolute Gasteiger partial charge is 0.484 e. The number of benzene rings is 2. The van der Waals surface area contributed by atoms with Crippen molar-refractivity contribution in [2.24, 2.45) is 0 Å². The number of rotatable bonds is 2. The molecule has 6 nitrogen and oxygen atoms in total. The van der Waals surface area contributed by atoms with Crippen LogP contribution in [0.3, 0.4) is 0 Å². The first-order valence-corrected chi connectivity index (χ1v) is 9.64. The highest BCUT2D eigenvalue weighted by molar-refractivity contribution is 6.00. The number of likely N-dealkylation sites (tertiary alicyclic amines) is 1. The van der Waals surface area contributed by atoms with Crippen LogP contribution in [-0.4, -0.2) is 35.4 Å². The quantitative estimate of drug-likeness (QED) is 0.872. The normalized spacial score (nSPS) is 22.7. The summed E-state index contributed by atoms with van der Waals surface area (Å²) in [5.41, 5.74) is 3.50. The van der Waals surface area contributed by atoms with Crippen molar-refractivity contribution < 1.29 is 19.1 Å². The highest BCUT2D eigenvalue weighted by atomic mass is 16.5. The van der Waals surface area contributed by atoms with Crippen LogP contribution in [0.25, 0.3) is 0 Å². The van der Waals surface area contributed by atoms with E-state index in [4.69, 9.17) is 9.47 Å². The Kier molecular flexibility index (Phi) is 4.09. The number of nitrogens with one attached hydrogen (secondary N) is 1. The maximum Gasteiger partial charge on any atom is 0.317 e. The number of Topliss-reactive ketones (excluding diaryl/α,β-unsaturated/α-hetero) is 1. The third-order valence-electron chi connectivity index (χ3n) is 5.83. The molecule has 28 heavy (non-hydrogen) atoms. The van der Waals surface area contributed by atoms with Gasteiger partial charge < -0.3 is 19.7 Å². The molecule has 1 spiro atoms. The Morgan fingerprint density at radius 2 is 2.00 bits per heavy atom. The van der Waals surface area contributed by atoms with Crippen molar-refractivity contribution >= 4 is 11.8 Å². The molecule has 3 aliphatic heterocycles. The Morgan fingerprint density at radius 3 is 2.93 bits per heavy atom. The number of carbonyl (C=O) groups is 2. The summed E-state index contributed by atoms with van der Waals surface area (Å²) in [6.45, 7) is 2.78. The fourth-order valence-electron chi connectivity index (χ4n) is 4.31. The molecule has 0 aromatic heterocycles. The summed E-state index contributed by atoms with van der Waals surface area (Å²) in [5.74, 6) is 0.714. The minimum Gasteiger partial charge on any atom is -0.484 e. The van der Waals surface area contributed by atoms with Gasteiger partial charge in [0.05, 0.1) is 31.7 Å². The standard InChI is InChI=1S/C22H22N2O4/c25-19-10-22(28-20-4-2-1-3-18(19)20)7-8-24(14-22)21(26)23-11-15-5-6-16-12-27-13-17(16)9-15/h1-6,9H,7-8,10-14H2,(H,23,26). The fraction of sp³-hybridized carbons (Fsp3) is 0.364. The summed E-state index contributed by atoms with van der Waals surface area (Å²) >= 11 is 0. The molecule has 2 aromatic carbocycles. The molecule has 2 amide bonds. The number of nitrogens with zero attached hydrogens (tertiary/aromatic N) is 1. The van der Waals surface area contributed by atoms with Gasteiger partial charge in [-0.1, -0.05) is 30.3 Å². The summed E-state index contributed by atoms with van der Waals surface area (Å²) in [7, 11) is 0. The first-order valence-electron chi connectivity index (χ1n) is 9.64. The SMILES string of the molecule is O=C1CC2(CCN(C(=O)NCc3ccc4c(c3)COC4)C2)Oc2ccccc21. The van der Waals surface area contributed by atoms with E-state index < -0.39 is 5.60 Å². The topological polar surface area (TPSA) is 67.9 Å². The molecular formula is C22H22N2O4. The number of para-hydroxylation sites is 1. The van der Waals surface area contributed by atoms with Gasteiger partial charge in [0.1, 0.15) is 11.4 Å². The predicted molar refractivity (Wildman–Crippen MR) is 102 cm³/mol. The molecule has 0 radical (unpaired) electrons. The van der Waals surface area contributed by atoms with Crippen molar-refractivity contribution in [3.63, 3.8) is 0 Å². The molecule has 0 aliphatic carbocycles. The predicted octanol–water partition coefficient (Wildman–Crippen LogP) is 3.04. The zero-order chi connectivity index (χ0) is 19.1. The number of carbonyl (C=O) groups excluding carboxylic acids is 2. The lowest BCUT2D eigenvalue weighted by atomic mass is 9.89. The second-order valence-electron chi connectivity index (χ2n) is 7.81. The van der Waals surface area contributed by atoms with Crippen LogP contribution in [0.2, 0.25) is 0 Å². The van der Waals surface area contributed by atoms with Gasteiger partial charge in [-0.25, -0.2) is 4.79 Å². The van der Waals surface area contributed by atoms with E-state index in [9.17, 15) is 9.59 Å². The molecule has 1 saturated heterocycles. The van der Waals surface area contributed by atoms with Crippen molar-refractivity contribution in [2.45, 2.75) is 38.2 Å². The van der Waals surface area contributed by atoms with Crippen LogP contribution in [0.15, 0.2) is 42.5 Å². The minimum absolute atomic E-state index is 0.0875. The molecule has 1 fully saturated rings. The van der Waals surface area contributed by atoms with E-state index in [0.29, 0.717) is 57.0 Å². The second kappa shape index (κ2) is 6.63. The zero-order valence-electron chi connectivity index (χ0n) is 15.6. The third kappa shape index (κ3) is 3.03. The van der Waals surface area contributed by atoms with Crippen LogP contribution in [0, 0.1) is 0 Å². The highest BCUT2D eigenvalue weighted by Gasteiger charge is 2.46. The Labute approximate surface area is 163 Å². The maximum atomic E-state index is 12.7. The fourth-order valence-corrected chi connectivity index (χ4v) is 4.31. The van der Waals surface area contributed by atoms with E-state index in [1.54, 1.807) is 11.0 Å². The van der Waals surface area contributed by atoms with Crippen molar-refractivity contribution in [1.82, 2.24) is 10.2 Å². The molecule has 1 N–H and O–H groups in total. The molecule has 3 heterocycles. The lowest BCUT2D eigenvalue weighted by Gasteiger charge is -2.34. The van der Waals surface area contributed by atoms with Gasteiger partial charge in [0, 0.05) is 19.5 Å². The van der Waals surface area contributed by atoms with Gasteiger partial charge >= 0.3 is 6.03 Å². The average molecular weight is 378 g/mol. The summed E-state index contributed by atoms with van der Waals surface area (Å²) in [6, 6.07) is 13.4. The lowest BCUT2D eigenvalue weighted by Crippen LogP contribution is -2.47. The lowest BCUT2D eigenvalue weighted by molar-refractivity contribution is 0.0478. The minimum atomic E-state index is -0.603. The summed E-state index contributed by atoms with van der Waals surface area (Å²) in [5, 5.41) is 2.99. The molecule has 0 saturated carbocycles. The number of ketones is 1. The van der Waals surface area contributed by atoms with Gasteiger partial charge in [0.2, 0.25) is 0 Å². The van der Waals surface area contributed by atoms with E-state index >= 15 is 0 Å². The van der Waals surface area contributed by atoms with Crippen LogP contribution in [0.4, 0.5) is 4.79 Å². The molecule has 1 unspecified atom stereocenters. The number of hydrogen-bond donors (Lipinski definition) is 1. The molecule has 2 aromatic rings. The van der Waals surface area contributed by atoms with Crippen LogP contribution >= 0.6 is 0 Å². The number of fused-ring (bicyclic) bond motifs is 2. The van der Waals surface area contributed by atoms with Crippen molar-refractivity contribution in [1.29, 1.82) is 0 Å². The highest BCUT2D eigenvalue weighted by Crippen LogP contribution is 2.38. The van der Waals surface area contributed by atoms with E-state index in [1.165, 1.54) is 11.1 Å². The summed E-state index contributed by atoms with van der Waals surface area (Å²) in [6.07, 6.45) is 0.981. The molecule has 144 valence electrons. The molecule has 6 heteroatoms. The first kappa shape index (κ1) is 17.3. The number of amides is 2. The van der Waals surface area contributed by atoms with Crippen LogP contribution in [-0.2, 0) is 24.5 Å². The van der Waals surface area contributed by atoms with Crippen LogP contribution in [0.1, 0.15) is 39.9 Å². The van der Waals surface area contributed by atoms with Gasteiger partial charge in [-0.15, -0.1) is 0 Å². The maximum absolute atomic E-state index is 12.7. The van der Waals surface area contributed by atoms with Crippen molar-refractivity contribution in [2.75, 3.05) is 13.1 Å². The molecule has 3 aliphatic rings. The van der Waals surface area contributed by atoms with Crippen LogP contribution < -0.4 is 10.1 Å². The molecular weight excluding hydrogens is 356 g/mol. The Hall–Kier alpha value is -2.86. The first-order chi connectivity index (χ1) is 13.6. The smallest absolute Gasteiger partial charge is 0.317 e. The number of ether oxygens (including phenoxy) is 2. The van der Waals surface area contributed by atoms with Gasteiger partial charge in [-0.2, -0.15) is 0 Å². The van der Waals surface area contributed by atoms with E-state index in [1.807, 2.05) is 24.3 Å². The van der Waals surface area contributed by atoms with Gasteiger partial charge in [-0.3, -0.25) is 4.79 Å². The van der Waals surface area contributed by atoms with Crippen molar-refractivity contribution in [3.05, 3.63) is 64.7 Å². The Bertz CT molecular complexity index is 957. The second-order valence-corrected chi connectivity index (χ2v) is 7.81. The molecule has 1 atom stereocenters. The van der Waals surface area contributed by atoms with Gasteiger partial charge in [-0.05, 0) is 28.8 Å². The van der Waals surface area contributed by atoms with Gasteiger partial charge in [0.25, 0.3) is 0 Å². The van der Waals surface area contributed by atoms with E-state index in [0.717, 1.165) is 5.56 Å². The van der Waals surface area contributed by atoms with E-state index in [2.05, 4.69) is 17.4 Å². The Balaban J connectivity index is 1.23. The van der Waals surface area contributed by atoms with Crippen LogP contribution in [0.5, 0.6) is 5.75 Å². The molecule has 5 rings (SSSR count). The van der Waals surface area contributed by atoms with Gasteiger partial charge in [0.15, 0.2) is 5.78 Å². The number of hydrogen-bond acceptors (Lipinski definition) is 4. The molecule has 0 bridgehead atoms. The monoisotopic (exact) mass is 378 g/mol. The number of urea groups is 1. The third-order valence-corrected chi connectivity index (χ3v) is 5.83. The summed E-state index contributed by atoms with van der Waals surface area (Å²) in [4.78, 5) is 26.9. The Morgan fingerprint density at radius 1 is 1.14 bits per heavy atom. The van der Waals surface area contributed by atoms with E-state index in [-0.39, 0.29) is 11.8 Å². The van der Waals surface area contributed by atoms with Crippen molar-refractivity contribution in [3.8, 4) is 5.75 Å².